The van der Waals surface area contributed by atoms with Crippen LogP contribution in [0, 0.1) is 0 Å². The zero-order valence-electron chi connectivity index (χ0n) is 8.33. The van der Waals surface area contributed by atoms with Gasteiger partial charge in [0.2, 0.25) is 0 Å². The summed E-state index contributed by atoms with van der Waals surface area (Å²) in [6.45, 7) is 0. The second kappa shape index (κ2) is 5.86. The fourth-order valence-corrected chi connectivity index (χ4v) is 2.48. The number of urea groups is 1. The van der Waals surface area contributed by atoms with Gasteiger partial charge in [-0.25, -0.2) is 10.2 Å². The quantitative estimate of drug-likeness (QED) is 0.647. The molecule has 0 radical (unpaired) electrons. The lowest BCUT2D eigenvalue weighted by Gasteiger charge is -2.07. The number of nitrogens with two attached hydrogens (primary N) is 1. The van der Waals surface area contributed by atoms with Crippen LogP contribution < -0.4 is 15.9 Å². The molecule has 7 heteroatoms. The normalized spacial score (nSPS) is 10.4. The summed E-state index contributed by atoms with van der Waals surface area (Å²) in [4.78, 5) is 10.4. The van der Waals surface area contributed by atoms with E-state index in [-0.39, 0.29) is 0 Å². The molecule has 1 aromatic rings. The van der Waals surface area contributed by atoms with E-state index < -0.39 is 6.03 Å². The molecule has 1 rings (SSSR count). The summed E-state index contributed by atoms with van der Waals surface area (Å²) < 4.78 is 6.83. The van der Waals surface area contributed by atoms with E-state index in [0.29, 0.717) is 11.3 Å². The van der Waals surface area contributed by atoms with E-state index in [0.717, 1.165) is 8.95 Å². The average Bonchev–Trinajstić information content (AvgIpc) is 2.16. The highest BCUT2D eigenvalue weighted by molar-refractivity contribution is 9.11. The number of rotatable bonds is 3. The van der Waals surface area contributed by atoms with Crippen molar-refractivity contribution in [3.63, 3.8) is 0 Å². The summed E-state index contributed by atoms with van der Waals surface area (Å²) in [5, 5.41) is 3.66. The van der Waals surface area contributed by atoms with Crippen molar-refractivity contribution in [2.75, 3.05) is 7.11 Å². The number of hydrogen-bond acceptors (Lipinski definition) is 3. The molecule has 2 amide bonds. The van der Waals surface area contributed by atoms with E-state index in [2.05, 4.69) is 42.4 Å². The molecular weight excluding hydrogens is 342 g/mol. The topological polar surface area (TPSA) is 76.7 Å². The van der Waals surface area contributed by atoms with Crippen molar-refractivity contribution in [2.24, 2.45) is 10.8 Å². The number of amides is 2. The monoisotopic (exact) mass is 349 g/mol. The first-order valence-corrected chi connectivity index (χ1v) is 5.74. The van der Waals surface area contributed by atoms with Gasteiger partial charge in [0.1, 0.15) is 5.75 Å². The van der Waals surface area contributed by atoms with Crippen LogP contribution in [0.15, 0.2) is 26.2 Å². The van der Waals surface area contributed by atoms with E-state index in [1.165, 1.54) is 6.21 Å². The van der Waals surface area contributed by atoms with Crippen LogP contribution in [0.3, 0.4) is 0 Å². The number of methoxy groups -OCH3 is 1. The maximum absolute atomic E-state index is 10.4. The van der Waals surface area contributed by atoms with Crippen LogP contribution in [0.5, 0.6) is 5.75 Å². The standard InChI is InChI=1S/C9H9Br2N3O2/c1-16-8-5(4-13-14-9(12)15)2-6(10)3-7(8)11/h2-4H,1H3,(H3,12,14,15)/b13-4+. The van der Waals surface area contributed by atoms with E-state index >= 15 is 0 Å². The van der Waals surface area contributed by atoms with Gasteiger partial charge in [0.25, 0.3) is 0 Å². The zero-order valence-corrected chi connectivity index (χ0v) is 11.5. The van der Waals surface area contributed by atoms with Gasteiger partial charge >= 0.3 is 6.03 Å². The van der Waals surface area contributed by atoms with Crippen molar-refractivity contribution in [3.05, 3.63) is 26.6 Å². The predicted octanol–water partition coefficient (Wildman–Crippen LogP) is 2.22. The molecule has 0 aliphatic heterocycles. The number of nitrogens with zero attached hydrogens (tertiary/aromatic N) is 1. The molecule has 0 aliphatic carbocycles. The summed E-state index contributed by atoms with van der Waals surface area (Å²) >= 11 is 6.69. The van der Waals surface area contributed by atoms with Gasteiger partial charge in [0, 0.05) is 10.0 Å². The molecular formula is C9H9Br2N3O2. The molecule has 0 spiro atoms. The lowest BCUT2D eigenvalue weighted by Crippen LogP contribution is -2.24. The molecule has 0 saturated heterocycles. The van der Waals surface area contributed by atoms with Crippen LogP contribution in [0.4, 0.5) is 4.79 Å². The molecule has 0 bridgehead atoms. The molecule has 1 aromatic carbocycles. The van der Waals surface area contributed by atoms with Crippen molar-refractivity contribution < 1.29 is 9.53 Å². The molecule has 0 fully saturated rings. The van der Waals surface area contributed by atoms with Crippen LogP contribution in [0.25, 0.3) is 0 Å². The van der Waals surface area contributed by atoms with Gasteiger partial charge in [0.15, 0.2) is 0 Å². The molecule has 0 aromatic heterocycles. The molecule has 0 saturated carbocycles. The van der Waals surface area contributed by atoms with E-state index in [4.69, 9.17) is 10.5 Å². The van der Waals surface area contributed by atoms with Gasteiger partial charge in [0.05, 0.1) is 17.8 Å². The first kappa shape index (κ1) is 13.0. The highest BCUT2D eigenvalue weighted by atomic mass is 79.9. The highest BCUT2D eigenvalue weighted by Gasteiger charge is 2.07. The van der Waals surface area contributed by atoms with Gasteiger partial charge in [-0.3, -0.25) is 0 Å². The number of carbonyl (C=O) groups is 1. The number of hydrazone groups is 1. The Hall–Kier alpha value is -1.08. The van der Waals surface area contributed by atoms with Gasteiger partial charge in [-0.2, -0.15) is 5.10 Å². The molecule has 0 atom stereocenters. The fourth-order valence-electron chi connectivity index (χ4n) is 1.06. The smallest absolute Gasteiger partial charge is 0.332 e. The summed E-state index contributed by atoms with van der Waals surface area (Å²) in [7, 11) is 1.55. The molecule has 0 unspecified atom stereocenters. The van der Waals surface area contributed by atoms with Gasteiger partial charge in [-0.15, -0.1) is 0 Å². The van der Waals surface area contributed by atoms with Crippen LogP contribution >= 0.6 is 31.9 Å². The Labute approximate surface area is 109 Å². The van der Waals surface area contributed by atoms with Crippen molar-refractivity contribution in [1.82, 2.24) is 5.43 Å². The van der Waals surface area contributed by atoms with Crippen LogP contribution in [0.2, 0.25) is 0 Å². The molecule has 16 heavy (non-hydrogen) atoms. The number of hydrogen-bond donors (Lipinski definition) is 2. The summed E-state index contributed by atoms with van der Waals surface area (Å²) in [6, 6.07) is 2.93. The SMILES string of the molecule is COc1c(Br)cc(Br)cc1/C=N/NC(N)=O. The Kier molecular flexibility index (Phi) is 4.75. The van der Waals surface area contributed by atoms with Crippen molar-refractivity contribution >= 4 is 44.1 Å². The van der Waals surface area contributed by atoms with Crippen molar-refractivity contribution in [2.45, 2.75) is 0 Å². The summed E-state index contributed by atoms with van der Waals surface area (Å²) in [5.41, 5.74) is 7.69. The molecule has 5 nitrogen and oxygen atoms in total. The van der Waals surface area contributed by atoms with E-state index in [9.17, 15) is 4.79 Å². The molecule has 3 N–H and O–H groups in total. The minimum Gasteiger partial charge on any atom is -0.495 e. The van der Waals surface area contributed by atoms with Gasteiger partial charge in [-0.05, 0) is 28.1 Å². The van der Waals surface area contributed by atoms with Crippen LogP contribution in [-0.4, -0.2) is 19.4 Å². The second-order valence-corrected chi connectivity index (χ2v) is 4.51. The first-order valence-electron chi connectivity index (χ1n) is 4.16. The Morgan fingerprint density at radius 1 is 1.56 bits per heavy atom. The van der Waals surface area contributed by atoms with E-state index in [1.54, 1.807) is 13.2 Å². The first-order chi connectivity index (χ1) is 7.54. The number of nitrogens with one attached hydrogen (secondary N) is 1. The number of primary amides is 1. The third kappa shape index (κ3) is 3.49. The Morgan fingerprint density at radius 3 is 2.81 bits per heavy atom. The van der Waals surface area contributed by atoms with Gasteiger partial charge < -0.3 is 10.5 Å². The minimum atomic E-state index is -0.718. The maximum Gasteiger partial charge on any atom is 0.332 e. The average molecular weight is 351 g/mol. The molecule has 86 valence electrons. The number of halogens is 2. The number of benzene rings is 1. The zero-order chi connectivity index (χ0) is 12.1. The maximum atomic E-state index is 10.4. The summed E-state index contributed by atoms with van der Waals surface area (Å²) in [6.07, 6.45) is 1.44. The highest BCUT2D eigenvalue weighted by Crippen LogP contribution is 2.31. The molecule has 0 heterocycles. The van der Waals surface area contributed by atoms with E-state index in [1.807, 2.05) is 6.07 Å². The lowest BCUT2D eigenvalue weighted by atomic mass is 10.2. The van der Waals surface area contributed by atoms with Crippen LogP contribution in [-0.2, 0) is 0 Å². The third-order valence-electron chi connectivity index (χ3n) is 1.62. The number of carbonyl (C=O) groups excluding carboxylic acids is 1. The van der Waals surface area contributed by atoms with Crippen molar-refractivity contribution in [1.29, 1.82) is 0 Å². The van der Waals surface area contributed by atoms with Crippen LogP contribution in [0.1, 0.15) is 5.56 Å². The predicted molar refractivity (Wildman–Crippen MR) is 68.7 cm³/mol. The lowest BCUT2D eigenvalue weighted by molar-refractivity contribution is 0.249. The van der Waals surface area contributed by atoms with Gasteiger partial charge in [-0.1, -0.05) is 15.9 Å². The number of ether oxygens (including phenoxy) is 1. The third-order valence-corrected chi connectivity index (χ3v) is 2.67. The minimum absolute atomic E-state index is 0.623. The largest absolute Gasteiger partial charge is 0.495 e. The molecule has 0 aliphatic rings. The summed E-state index contributed by atoms with van der Waals surface area (Å²) in [5.74, 6) is 0.623. The Balaban J connectivity index is 3.02. The fraction of sp³-hybridized carbons (Fsp3) is 0.111. The second-order valence-electron chi connectivity index (χ2n) is 2.74. The Bertz CT molecular complexity index is 435. The van der Waals surface area contributed by atoms with Crippen molar-refractivity contribution in [3.8, 4) is 5.75 Å². The Morgan fingerprint density at radius 2 is 2.25 bits per heavy atom.